The highest BCUT2D eigenvalue weighted by Gasteiger charge is 2.23. The van der Waals surface area contributed by atoms with Crippen LogP contribution in [0.2, 0.25) is 0 Å². The predicted molar refractivity (Wildman–Crippen MR) is 79.1 cm³/mol. The number of likely N-dealkylation sites (tertiary alicyclic amines) is 1. The van der Waals surface area contributed by atoms with Crippen molar-refractivity contribution < 1.29 is 9.59 Å². The van der Waals surface area contributed by atoms with E-state index in [4.69, 9.17) is 5.73 Å². The largest absolute Gasteiger partial charge is 0.357 e. The Labute approximate surface area is 121 Å². The number of hydrogen-bond acceptors (Lipinski definition) is 4. The molecule has 0 aromatic heterocycles. The van der Waals surface area contributed by atoms with Gasteiger partial charge in [0.05, 0.1) is 6.54 Å². The summed E-state index contributed by atoms with van der Waals surface area (Å²) in [4.78, 5) is 25.9. The van der Waals surface area contributed by atoms with Gasteiger partial charge in [0.2, 0.25) is 11.8 Å². The highest BCUT2D eigenvalue weighted by atomic mass is 16.2. The van der Waals surface area contributed by atoms with Crippen molar-refractivity contribution in [2.75, 3.05) is 26.7 Å². The molecule has 1 aliphatic heterocycles. The van der Waals surface area contributed by atoms with Gasteiger partial charge in [-0.25, -0.2) is 0 Å². The van der Waals surface area contributed by atoms with Crippen molar-refractivity contribution in [2.45, 2.75) is 45.2 Å². The lowest BCUT2D eigenvalue weighted by Gasteiger charge is -2.30. The first-order valence-corrected chi connectivity index (χ1v) is 7.41. The lowest BCUT2D eigenvalue weighted by Crippen LogP contribution is -2.50. The zero-order valence-corrected chi connectivity index (χ0v) is 12.8. The first-order valence-electron chi connectivity index (χ1n) is 7.41. The van der Waals surface area contributed by atoms with Gasteiger partial charge < -0.3 is 16.4 Å². The average Bonchev–Trinajstić information content (AvgIpc) is 2.39. The molecule has 1 fully saturated rings. The Balaban J connectivity index is 2.43. The molecule has 20 heavy (non-hydrogen) atoms. The SMILES string of the molecule is CNC(=O)C(CC(C)C)NC(=O)CN1CCC(N)CC1. The summed E-state index contributed by atoms with van der Waals surface area (Å²) in [6.07, 6.45) is 2.51. The van der Waals surface area contributed by atoms with Crippen LogP contribution in [-0.4, -0.2) is 55.5 Å². The van der Waals surface area contributed by atoms with E-state index < -0.39 is 6.04 Å². The van der Waals surface area contributed by atoms with E-state index in [2.05, 4.69) is 15.5 Å². The van der Waals surface area contributed by atoms with Crippen LogP contribution in [0.1, 0.15) is 33.1 Å². The first kappa shape index (κ1) is 16.9. The maximum atomic E-state index is 12.0. The number of likely N-dealkylation sites (N-methyl/N-ethyl adjacent to an activating group) is 1. The molecule has 0 aromatic rings. The third-order valence-electron chi connectivity index (χ3n) is 3.60. The molecular weight excluding hydrogens is 256 g/mol. The number of nitrogens with two attached hydrogens (primary N) is 1. The maximum absolute atomic E-state index is 12.0. The van der Waals surface area contributed by atoms with E-state index >= 15 is 0 Å². The van der Waals surface area contributed by atoms with Crippen LogP contribution in [0.5, 0.6) is 0 Å². The van der Waals surface area contributed by atoms with Crippen LogP contribution >= 0.6 is 0 Å². The molecule has 2 amide bonds. The van der Waals surface area contributed by atoms with Crippen molar-refractivity contribution in [3.8, 4) is 0 Å². The second-order valence-corrected chi connectivity index (χ2v) is 5.98. The molecule has 1 unspecified atom stereocenters. The monoisotopic (exact) mass is 284 g/mol. The van der Waals surface area contributed by atoms with Crippen LogP contribution in [0, 0.1) is 5.92 Å². The fourth-order valence-electron chi connectivity index (χ4n) is 2.43. The summed E-state index contributed by atoms with van der Waals surface area (Å²) in [5, 5.41) is 5.44. The number of amides is 2. The summed E-state index contributed by atoms with van der Waals surface area (Å²) in [5.74, 6) is 0.132. The number of rotatable bonds is 6. The van der Waals surface area contributed by atoms with Gasteiger partial charge in [-0.3, -0.25) is 14.5 Å². The Morgan fingerprint density at radius 2 is 1.90 bits per heavy atom. The van der Waals surface area contributed by atoms with Crippen molar-refractivity contribution in [3.05, 3.63) is 0 Å². The zero-order valence-electron chi connectivity index (χ0n) is 12.8. The number of carbonyl (C=O) groups is 2. The van der Waals surface area contributed by atoms with E-state index in [1.165, 1.54) is 0 Å². The molecule has 0 spiro atoms. The fourth-order valence-corrected chi connectivity index (χ4v) is 2.43. The van der Waals surface area contributed by atoms with Gasteiger partial charge in [0.25, 0.3) is 0 Å². The molecule has 0 saturated carbocycles. The van der Waals surface area contributed by atoms with Crippen LogP contribution in [0.4, 0.5) is 0 Å². The van der Waals surface area contributed by atoms with Gasteiger partial charge in [-0.1, -0.05) is 13.8 Å². The summed E-state index contributed by atoms with van der Waals surface area (Å²) in [7, 11) is 1.59. The summed E-state index contributed by atoms with van der Waals surface area (Å²) < 4.78 is 0. The smallest absolute Gasteiger partial charge is 0.242 e. The molecule has 116 valence electrons. The molecule has 1 heterocycles. The van der Waals surface area contributed by atoms with Crippen molar-refractivity contribution in [1.29, 1.82) is 0 Å². The standard InChI is InChI=1S/C14H28N4O2/c1-10(2)8-12(14(20)16-3)17-13(19)9-18-6-4-11(15)5-7-18/h10-12H,4-9,15H2,1-3H3,(H,16,20)(H,17,19). The molecule has 1 saturated heterocycles. The van der Waals surface area contributed by atoms with Crippen molar-refractivity contribution in [1.82, 2.24) is 15.5 Å². The molecule has 0 aromatic carbocycles. The van der Waals surface area contributed by atoms with E-state index in [9.17, 15) is 9.59 Å². The Hall–Kier alpha value is -1.14. The molecular formula is C14H28N4O2. The summed E-state index contributed by atoms with van der Waals surface area (Å²) in [6.45, 7) is 6.12. The van der Waals surface area contributed by atoms with Crippen LogP contribution in [0.25, 0.3) is 0 Å². The van der Waals surface area contributed by atoms with E-state index in [0.717, 1.165) is 25.9 Å². The van der Waals surface area contributed by atoms with Gasteiger partial charge in [-0.2, -0.15) is 0 Å². The number of nitrogens with zero attached hydrogens (tertiary/aromatic N) is 1. The quantitative estimate of drug-likeness (QED) is 0.624. The minimum Gasteiger partial charge on any atom is -0.357 e. The normalized spacial score (nSPS) is 18.9. The summed E-state index contributed by atoms with van der Waals surface area (Å²) in [6, 6.07) is -0.187. The zero-order chi connectivity index (χ0) is 15.1. The highest BCUT2D eigenvalue weighted by Crippen LogP contribution is 2.08. The molecule has 0 aliphatic carbocycles. The van der Waals surface area contributed by atoms with Crippen LogP contribution in [0.15, 0.2) is 0 Å². The molecule has 6 heteroatoms. The number of carbonyl (C=O) groups excluding carboxylic acids is 2. The lowest BCUT2D eigenvalue weighted by molar-refractivity contribution is -0.129. The molecule has 1 atom stereocenters. The Morgan fingerprint density at radius 1 is 1.30 bits per heavy atom. The van der Waals surface area contributed by atoms with Crippen molar-refractivity contribution in [2.24, 2.45) is 11.7 Å². The molecule has 0 radical (unpaired) electrons. The van der Waals surface area contributed by atoms with Gasteiger partial charge in [0.15, 0.2) is 0 Å². The Kier molecular flexibility index (Phi) is 6.95. The Bertz CT molecular complexity index is 325. The molecule has 1 rings (SSSR count). The number of piperidine rings is 1. The van der Waals surface area contributed by atoms with Crippen LogP contribution in [-0.2, 0) is 9.59 Å². The molecule has 1 aliphatic rings. The average molecular weight is 284 g/mol. The van der Waals surface area contributed by atoms with Gasteiger partial charge in [0.1, 0.15) is 6.04 Å². The topological polar surface area (TPSA) is 87.5 Å². The lowest BCUT2D eigenvalue weighted by atomic mass is 10.0. The van der Waals surface area contributed by atoms with Gasteiger partial charge in [-0.15, -0.1) is 0 Å². The summed E-state index contributed by atoms with van der Waals surface area (Å²) >= 11 is 0. The number of hydrogen-bond donors (Lipinski definition) is 3. The van der Waals surface area contributed by atoms with Gasteiger partial charge in [0, 0.05) is 26.2 Å². The van der Waals surface area contributed by atoms with Gasteiger partial charge in [-0.05, 0) is 25.2 Å². The van der Waals surface area contributed by atoms with Crippen LogP contribution in [0.3, 0.4) is 0 Å². The maximum Gasteiger partial charge on any atom is 0.242 e. The predicted octanol–water partition coefficient (Wildman–Crippen LogP) is -0.314. The van der Waals surface area contributed by atoms with Gasteiger partial charge >= 0.3 is 0 Å². The van der Waals surface area contributed by atoms with E-state index in [1.807, 2.05) is 13.8 Å². The minimum absolute atomic E-state index is 0.0882. The molecule has 0 bridgehead atoms. The molecule has 4 N–H and O–H groups in total. The van der Waals surface area contributed by atoms with Crippen molar-refractivity contribution in [3.63, 3.8) is 0 Å². The first-order chi connectivity index (χ1) is 9.42. The molecule has 6 nitrogen and oxygen atoms in total. The van der Waals surface area contributed by atoms with E-state index in [-0.39, 0.29) is 17.9 Å². The van der Waals surface area contributed by atoms with E-state index in [1.54, 1.807) is 7.05 Å². The van der Waals surface area contributed by atoms with Crippen LogP contribution < -0.4 is 16.4 Å². The Morgan fingerprint density at radius 3 is 2.40 bits per heavy atom. The summed E-state index contributed by atoms with van der Waals surface area (Å²) in [5.41, 5.74) is 5.84. The third kappa shape index (κ3) is 5.88. The second-order valence-electron chi connectivity index (χ2n) is 5.98. The minimum atomic E-state index is -0.445. The van der Waals surface area contributed by atoms with Crippen molar-refractivity contribution >= 4 is 11.8 Å². The number of nitrogens with one attached hydrogen (secondary N) is 2. The van der Waals surface area contributed by atoms with E-state index in [0.29, 0.717) is 18.9 Å². The highest BCUT2D eigenvalue weighted by molar-refractivity contribution is 5.88. The second kappa shape index (κ2) is 8.21. The fraction of sp³-hybridized carbons (Fsp3) is 0.857. The third-order valence-corrected chi connectivity index (χ3v) is 3.60.